The maximum Gasteiger partial charge on any atom is 0.280 e. The number of aromatic nitrogens is 1. The molecule has 90 valence electrons. The van der Waals surface area contributed by atoms with Crippen LogP contribution in [0.5, 0.6) is 10.9 Å². The first kappa shape index (κ1) is 11.9. The van der Waals surface area contributed by atoms with E-state index in [-0.39, 0.29) is 0 Å². The van der Waals surface area contributed by atoms with Crippen molar-refractivity contribution < 1.29 is 4.74 Å². The van der Waals surface area contributed by atoms with E-state index in [9.17, 15) is 0 Å². The van der Waals surface area contributed by atoms with E-state index in [1.165, 1.54) is 22.5 Å². The lowest BCUT2D eigenvalue weighted by atomic mass is 10.0. The zero-order chi connectivity index (χ0) is 12.4. The Morgan fingerprint density at radius 3 is 2.71 bits per heavy atom. The molecule has 0 fully saturated rings. The van der Waals surface area contributed by atoms with Crippen LogP contribution in [0, 0.1) is 6.92 Å². The number of thiazole rings is 1. The minimum Gasteiger partial charge on any atom is -0.431 e. The van der Waals surface area contributed by atoms with E-state index in [0.29, 0.717) is 16.1 Å². The van der Waals surface area contributed by atoms with Crippen LogP contribution in [0.25, 0.3) is 0 Å². The number of nitrogen functional groups attached to an aromatic ring is 1. The first-order valence-corrected chi connectivity index (χ1v) is 6.37. The molecular weight excluding hydrogens is 232 g/mol. The van der Waals surface area contributed by atoms with Crippen molar-refractivity contribution in [3.8, 4) is 10.9 Å². The summed E-state index contributed by atoms with van der Waals surface area (Å²) in [6, 6.07) is 6.23. The van der Waals surface area contributed by atoms with Crippen LogP contribution in [0.1, 0.15) is 30.9 Å². The van der Waals surface area contributed by atoms with Crippen molar-refractivity contribution in [3.63, 3.8) is 0 Å². The number of aryl methyl sites for hydroxylation is 1. The topological polar surface area (TPSA) is 48.1 Å². The van der Waals surface area contributed by atoms with E-state index >= 15 is 0 Å². The molecule has 1 aromatic carbocycles. The van der Waals surface area contributed by atoms with Gasteiger partial charge in [0.15, 0.2) is 0 Å². The third-order valence-electron chi connectivity index (χ3n) is 2.49. The largest absolute Gasteiger partial charge is 0.431 e. The SMILES string of the molecule is Cc1ccc(C(C)C)c(Oc2ncc(N)s2)c1. The number of hydrogen-bond acceptors (Lipinski definition) is 4. The van der Waals surface area contributed by atoms with Crippen molar-refractivity contribution in [2.45, 2.75) is 26.7 Å². The fraction of sp³-hybridized carbons (Fsp3) is 0.308. The standard InChI is InChI=1S/C13H16N2OS/c1-8(2)10-5-4-9(3)6-11(10)16-13-15-7-12(14)17-13/h4-8H,14H2,1-3H3. The van der Waals surface area contributed by atoms with Gasteiger partial charge >= 0.3 is 0 Å². The molecule has 0 saturated carbocycles. The molecule has 0 aliphatic carbocycles. The van der Waals surface area contributed by atoms with Gasteiger partial charge in [-0.05, 0) is 30.0 Å². The second-order valence-corrected chi connectivity index (χ2v) is 5.35. The van der Waals surface area contributed by atoms with Gasteiger partial charge in [0.2, 0.25) is 0 Å². The Balaban J connectivity index is 2.33. The molecule has 0 unspecified atom stereocenters. The molecule has 0 bridgehead atoms. The summed E-state index contributed by atoms with van der Waals surface area (Å²) in [6.07, 6.45) is 1.62. The Kier molecular flexibility index (Phi) is 3.33. The summed E-state index contributed by atoms with van der Waals surface area (Å²) in [6.45, 7) is 6.34. The van der Waals surface area contributed by atoms with Gasteiger partial charge in [-0.2, -0.15) is 0 Å². The summed E-state index contributed by atoms with van der Waals surface area (Å²) in [7, 11) is 0. The summed E-state index contributed by atoms with van der Waals surface area (Å²) in [4.78, 5) is 4.11. The van der Waals surface area contributed by atoms with Crippen LogP contribution in [-0.2, 0) is 0 Å². The highest BCUT2D eigenvalue weighted by Gasteiger charge is 2.10. The van der Waals surface area contributed by atoms with Gasteiger partial charge in [-0.1, -0.05) is 37.3 Å². The summed E-state index contributed by atoms with van der Waals surface area (Å²) in [5.74, 6) is 1.29. The van der Waals surface area contributed by atoms with Crippen LogP contribution in [0.2, 0.25) is 0 Å². The molecule has 2 aromatic rings. The number of anilines is 1. The zero-order valence-electron chi connectivity index (χ0n) is 10.2. The van der Waals surface area contributed by atoms with Crippen molar-refractivity contribution in [2.24, 2.45) is 0 Å². The Bertz CT molecular complexity index is 520. The maximum atomic E-state index is 5.80. The van der Waals surface area contributed by atoms with Crippen LogP contribution in [0.15, 0.2) is 24.4 Å². The average Bonchev–Trinajstić information content (AvgIpc) is 2.63. The highest BCUT2D eigenvalue weighted by molar-refractivity contribution is 7.17. The number of benzene rings is 1. The van der Waals surface area contributed by atoms with Gasteiger partial charge in [-0.15, -0.1) is 0 Å². The summed E-state index contributed by atoms with van der Waals surface area (Å²) in [5.41, 5.74) is 8.00. The molecule has 3 nitrogen and oxygen atoms in total. The number of hydrogen-bond donors (Lipinski definition) is 1. The van der Waals surface area contributed by atoms with Crippen molar-refractivity contribution in [3.05, 3.63) is 35.5 Å². The quantitative estimate of drug-likeness (QED) is 0.894. The van der Waals surface area contributed by atoms with Crippen molar-refractivity contribution in [2.75, 3.05) is 5.73 Å². The van der Waals surface area contributed by atoms with E-state index in [1.54, 1.807) is 6.20 Å². The lowest BCUT2D eigenvalue weighted by Gasteiger charge is -2.12. The Labute approximate surface area is 105 Å². The van der Waals surface area contributed by atoms with Gasteiger partial charge < -0.3 is 10.5 Å². The van der Waals surface area contributed by atoms with E-state index in [2.05, 4.69) is 31.0 Å². The van der Waals surface area contributed by atoms with Gasteiger partial charge in [0.1, 0.15) is 10.8 Å². The van der Waals surface area contributed by atoms with Gasteiger partial charge in [-0.25, -0.2) is 4.98 Å². The van der Waals surface area contributed by atoms with Crippen LogP contribution in [0.3, 0.4) is 0 Å². The second-order valence-electron chi connectivity index (χ2n) is 4.33. The number of nitrogens with zero attached hydrogens (tertiary/aromatic N) is 1. The second kappa shape index (κ2) is 4.75. The first-order chi connectivity index (χ1) is 8.06. The molecule has 2 N–H and O–H groups in total. The van der Waals surface area contributed by atoms with Crippen molar-refractivity contribution in [1.29, 1.82) is 0 Å². The zero-order valence-corrected chi connectivity index (χ0v) is 11.0. The van der Waals surface area contributed by atoms with Crippen molar-refractivity contribution >= 4 is 16.3 Å². The first-order valence-electron chi connectivity index (χ1n) is 5.56. The van der Waals surface area contributed by atoms with Crippen molar-refractivity contribution in [1.82, 2.24) is 4.98 Å². The lowest BCUT2D eigenvalue weighted by Crippen LogP contribution is -1.94. The average molecular weight is 248 g/mol. The lowest BCUT2D eigenvalue weighted by molar-refractivity contribution is 0.469. The van der Waals surface area contributed by atoms with Gasteiger partial charge in [0.25, 0.3) is 5.19 Å². The molecule has 0 saturated heterocycles. The molecule has 4 heteroatoms. The number of rotatable bonds is 3. The Morgan fingerprint density at radius 1 is 1.35 bits per heavy atom. The molecule has 0 amide bonds. The number of nitrogens with two attached hydrogens (primary N) is 1. The molecule has 0 radical (unpaired) electrons. The molecular formula is C13H16N2OS. The molecule has 0 aliphatic heterocycles. The molecule has 17 heavy (non-hydrogen) atoms. The van der Waals surface area contributed by atoms with E-state index < -0.39 is 0 Å². The Morgan fingerprint density at radius 2 is 2.12 bits per heavy atom. The smallest absolute Gasteiger partial charge is 0.280 e. The number of ether oxygens (including phenoxy) is 1. The third-order valence-corrected chi connectivity index (χ3v) is 3.20. The molecule has 1 aromatic heterocycles. The molecule has 2 rings (SSSR count). The minimum absolute atomic E-state index is 0.419. The van der Waals surface area contributed by atoms with E-state index in [0.717, 1.165) is 5.75 Å². The van der Waals surface area contributed by atoms with Crippen LogP contribution in [0.4, 0.5) is 5.00 Å². The summed E-state index contributed by atoms with van der Waals surface area (Å²) in [5, 5.41) is 1.26. The summed E-state index contributed by atoms with van der Waals surface area (Å²) >= 11 is 1.35. The minimum atomic E-state index is 0.419. The normalized spacial score (nSPS) is 10.8. The van der Waals surface area contributed by atoms with Crippen LogP contribution in [-0.4, -0.2) is 4.98 Å². The van der Waals surface area contributed by atoms with Gasteiger partial charge in [0, 0.05) is 0 Å². The molecule has 0 spiro atoms. The van der Waals surface area contributed by atoms with E-state index in [4.69, 9.17) is 10.5 Å². The molecule has 0 aliphatic rings. The predicted molar refractivity (Wildman–Crippen MR) is 71.9 cm³/mol. The Hall–Kier alpha value is -1.55. The predicted octanol–water partition coefficient (Wildman–Crippen LogP) is 3.95. The molecule has 1 heterocycles. The highest BCUT2D eigenvalue weighted by atomic mass is 32.1. The van der Waals surface area contributed by atoms with Gasteiger partial charge in [-0.3, -0.25) is 0 Å². The fourth-order valence-corrected chi connectivity index (χ4v) is 2.16. The third kappa shape index (κ3) is 2.77. The monoisotopic (exact) mass is 248 g/mol. The van der Waals surface area contributed by atoms with Crippen LogP contribution < -0.4 is 10.5 Å². The van der Waals surface area contributed by atoms with E-state index in [1.807, 2.05) is 13.0 Å². The van der Waals surface area contributed by atoms with Gasteiger partial charge in [0.05, 0.1) is 6.20 Å². The highest BCUT2D eigenvalue weighted by Crippen LogP contribution is 2.33. The maximum absolute atomic E-state index is 5.80. The fourth-order valence-electron chi connectivity index (χ4n) is 1.62. The van der Waals surface area contributed by atoms with Crippen LogP contribution >= 0.6 is 11.3 Å². The molecule has 0 atom stereocenters. The summed E-state index contributed by atoms with van der Waals surface area (Å²) < 4.78 is 5.80.